The fourth-order valence-electron chi connectivity index (χ4n) is 1.67. The van der Waals surface area contributed by atoms with E-state index in [4.69, 9.17) is 14.6 Å². The quantitative estimate of drug-likeness (QED) is 0.823. The second-order valence-corrected chi connectivity index (χ2v) is 4.27. The van der Waals surface area contributed by atoms with Gasteiger partial charge in [0.15, 0.2) is 11.5 Å². The van der Waals surface area contributed by atoms with Gasteiger partial charge in [-0.3, -0.25) is 4.79 Å². The van der Waals surface area contributed by atoms with Gasteiger partial charge in [0, 0.05) is 0 Å². The Bertz CT molecular complexity index is 639. The highest BCUT2D eigenvalue weighted by Gasteiger charge is 2.38. The summed E-state index contributed by atoms with van der Waals surface area (Å²) in [7, 11) is 0. The zero-order valence-electron chi connectivity index (χ0n) is 10.9. The minimum Gasteiger partial charge on any atom is -0.478 e. The number of fused-ring (bicyclic) bond motifs is 1. The number of halogens is 3. The molecule has 0 bridgehead atoms. The number of rotatable bonds is 4. The third kappa shape index (κ3) is 3.68. The molecule has 118 valence electrons. The summed E-state index contributed by atoms with van der Waals surface area (Å²) in [6.07, 6.45) is -3.93. The van der Waals surface area contributed by atoms with Crippen LogP contribution in [0.4, 0.5) is 13.2 Å². The number of carbonyl (C=O) groups is 2. The molecule has 9 heteroatoms. The molecule has 0 atom stereocenters. The number of carboxylic acid groups (broad SMARTS) is 1. The standard InChI is InChI=1S/C13H10F3NO5/c14-13(15,16)12(20)17-5-8(11(18)19)3-7-1-2-9-10(4-7)22-6-21-9/h1-4H,5-6H2,(H,17,20)(H,18,19)/b8-3+. The molecule has 2 N–H and O–H groups in total. The number of alkyl halides is 3. The van der Waals surface area contributed by atoms with Crippen LogP contribution in [0.3, 0.4) is 0 Å². The summed E-state index contributed by atoms with van der Waals surface area (Å²) in [5.41, 5.74) is -0.0145. The lowest BCUT2D eigenvalue weighted by Gasteiger charge is -2.08. The van der Waals surface area contributed by atoms with E-state index in [1.165, 1.54) is 17.4 Å². The number of carbonyl (C=O) groups excluding carboxylic acids is 1. The van der Waals surface area contributed by atoms with Crippen LogP contribution < -0.4 is 14.8 Å². The maximum absolute atomic E-state index is 12.1. The molecule has 6 nitrogen and oxygen atoms in total. The lowest BCUT2D eigenvalue weighted by Crippen LogP contribution is -2.38. The molecule has 0 aliphatic carbocycles. The van der Waals surface area contributed by atoms with Crippen molar-refractivity contribution in [2.45, 2.75) is 6.18 Å². The first-order valence-corrected chi connectivity index (χ1v) is 5.96. The van der Waals surface area contributed by atoms with Crippen LogP contribution in [0.5, 0.6) is 11.5 Å². The zero-order chi connectivity index (χ0) is 16.3. The lowest BCUT2D eigenvalue weighted by molar-refractivity contribution is -0.173. The lowest BCUT2D eigenvalue weighted by atomic mass is 10.1. The van der Waals surface area contributed by atoms with Crippen molar-refractivity contribution < 1.29 is 37.3 Å². The SMILES string of the molecule is O=C(O)/C(=C/c1ccc2c(c1)OCO2)CNC(=O)C(F)(F)F. The number of hydrogen-bond donors (Lipinski definition) is 2. The van der Waals surface area contributed by atoms with E-state index in [9.17, 15) is 22.8 Å². The highest BCUT2D eigenvalue weighted by Crippen LogP contribution is 2.33. The Morgan fingerprint density at radius 1 is 1.27 bits per heavy atom. The van der Waals surface area contributed by atoms with E-state index in [2.05, 4.69) is 0 Å². The van der Waals surface area contributed by atoms with Crippen LogP contribution in [0.25, 0.3) is 6.08 Å². The average Bonchev–Trinajstić information content (AvgIpc) is 2.89. The molecule has 0 saturated carbocycles. The molecule has 0 aromatic heterocycles. The van der Waals surface area contributed by atoms with E-state index < -0.39 is 30.2 Å². The second kappa shape index (κ2) is 5.96. The summed E-state index contributed by atoms with van der Waals surface area (Å²) in [5.74, 6) is -2.76. The minimum atomic E-state index is -5.07. The van der Waals surface area contributed by atoms with Gasteiger partial charge in [-0.25, -0.2) is 4.79 Å². The van der Waals surface area contributed by atoms with E-state index >= 15 is 0 Å². The summed E-state index contributed by atoms with van der Waals surface area (Å²) < 4.78 is 46.4. The molecule has 0 fully saturated rings. The topological polar surface area (TPSA) is 84.9 Å². The van der Waals surface area contributed by atoms with Crippen molar-refractivity contribution in [2.24, 2.45) is 0 Å². The summed E-state index contributed by atoms with van der Waals surface area (Å²) >= 11 is 0. The van der Waals surface area contributed by atoms with E-state index in [0.29, 0.717) is 17.1 Å². The minimum absolute atomic E-state index is 0.0376. The first kappa shape index (κ1) is 15.7. The monoisotopic (exact) mass is 317 g/mol. The van der Waals surface area contributed by atoms with Crippen molar-refractivity contribution in [3.05, 3.63) is 29.3 Å². The summed E-state index contributed by atoms with van der Waals surface area (Å²) in [6, 6.07) is 4.54. The molecule has 0 unspecified atom stereocenters. The number of carboxylic acids is 1. The summed E-state index contributed by atoms with van der Waals surface area (Å²) in [4.78, 5) is 21.7. The Labute approximate surface area is 122 Å². The largest absolute Gasteiger partial charge is 0.478 e. The summed E-state index contributed by atoms with van der Waals surface area (Å²) in [6.45, 7) is -0.724. The molecule has 1 amide bonds. The molecular weight excluding hydrogens is 307 g/mol. The summed E-state index contributed by atoms with van der Waals surface area (Å²) in [5, 5.41) is 10.5. The average molecular weight is 317 g/mol. The molecule has 0 saturated heterocycles. The van der Waals surface area contributed by atoms with Crippen LogP contribution in [0, 0.1) is 0 Å². The van der Waals surface area contributed by atoms with Gasteiger partial charge in [-0.15, -0.1) is 0 Å². The van der Waals surface area contributed by atoms with Crippen molar-refractivity contribution in [1.29, 1.82) is 0 Å². The van der Waals surface area contributed by atoms with E-state index in [-0.39, 0.29) is 6.79 Å². The van der Waals surface area contributed by atoms with Gasteiger partial charge < -0.3 is 19.9 Å². The Balaban J connectivity index is 2.14. The molecule has 1 aliphatic heterocycles. The maximum atomic E-state index is 12.1. The maximum Gasteiger partial charge on any atom is 0.471 e. The van der Waals surface area contributed by atoms with Crippen LogP contribution in [-0.4, -0.2) is 36.5 Å². The van der Waals surface area contributed by atoms with Gasteiger partial charge in [0.25, 0.3) is 0 Å². The van der Waals surface area contributed by atoms with Gasteiger partial charge in [0.2, 0.25) is 6.79 Å². The number of benzene rings is 1. The Hall–Kier alpha value is -2.71. The van der Waals surface area contributed by atoms with Crippen LogP contribution in [0.1, 0.15) is 5.56 Å². The second-order valence-electron chi connectivity index (χ2n) is 4.27. The number of ether oxygens (including phenoxy) is 2. The number of amides is 1. The number of hydrogen-bond acceptors (Lipinski definition) is 4. The third-order valence-electron chi connectivity index (χ3n) is 2.71. The van der Waals surface area contributed by atoms with Crippen LogP contribution in [0.15, 0.2) is 23.8 Å². The van der Waals surface area contributed by atoms with Crippen molar-refractivity contribution >= 4 is 18.0 Å². The molecule has 1 aliphatic rings. The molecule has 0 spiro atoms. The Morgan fingerprint density at radius 3 is 2.59 bits per heavy atom. The molecule has 22 heavy (non-hydrogen) atoms. The van der Waals surface area contributed by atoms with Gasteiger partial charge >= 0.3 is 18.1 Å². The van der Waals surface area contributed by atoms with Crippen molar-refractivity contribution in [3.63, 3.8) is 0 Å². The number of aliphatic carboxylic acids is 1. The van der Waals surface area contributed by atoms with Crippen LogP contribution in [-0.2, 0) is 9.59 Å². The van der Waals surface area contributed by atoms with E-state index in [0.717, 1.165) is 6.08 Å². The zero-order valence-corrected chi connectivity index (χ0v) is 10.9. The Kier molecular flexibility index (Phi) is 4.25. The molecule has 0 radical (unpaired) electrons. The fourth-order valence-corrected chi connectivity index (χ4v) is 1.67. The van der Waals surface area contributed by atoms with Crippen LogP contribution in [0.2, 0.25) is 0 Å². The van der Waals surface area contributed by atoms with Gasteiger partial charge in [-0.2, -0.15) is 13.2 Å². The number of nitrogens with one attached hydrogen (secondary N) is 1. The third-order valence-corrected chi connectivity index (χ3v) is 2.71. The first-order valence-electron chi connectivity index (χ1n) is 5.96. The van der Waals surface area contributed by atoms with Crippen molar-refractivity contribution in [3.8, 4) is 11.5 Å². The van der Waals surface area contributed by atoms with Gasteiger partial charge in [0.1, 0.15) is 0 Å². The predicted octanol–water partition coefficient (Wildman–Crippen LogP) is 1.56. The Morgan fingerprint density at radius 2 is 1.95 bits per heavy atom. The van der Waals surface area contributed by atoms with Crippen molar-refractivity contribution in [1.82, 2.24) is 5.32 Å². The highest BCUT2D eigenvalue weighted by molar-refractivity contribution is 5.94. The van der Waals surface area contributed by atoms with Gasteiger partial charge in [-0.1, -0.05) is 6.07 Å². The molecule has 1 aromatic rings. The molecule has 2 rings (SSSR count). The van der Waals surface area contributed by atoms with E-state index in [1.54, 1.807) is 6.07 Å². The van der Waals surface area contributed by atoms with Gasteiger partial charge in [0.05, 0.1) is 12.1 Å². The molecular formula is C13H10F3NO5. The van der Waals surface area contributed by atoms with Crippen LogP contribution >= 0.6 is 0 Å². The fraction of sp³-hybridized carbons (Fsp3) is 0.231. The van der Waals surface area contributed by atoms with Gasteiger partial charge in [-0.05, 0) is 23.8 Å². The predicted molar refractivity (Wildman–Crippen MR) is 67.2 cm³/mol. The normalized spacial score (nSPS) is 13.9. The first-order chi connectivity index (χ1) is 10.3. The smallest absolute Gasteiger partial charge is 0.471 e. The van der Waals surface area contributed by atoms with E-state index in [1.807, 2.05) is 0 Å². The van der Waals surface area contributed by atoms with Crippen molar-refractivity contribution in [2.75, 3.05) is 13.3 Å². The molecule has 1 aromatic carbocycles. The molecule has 1 heterocycles. The highest BCUT2D eigenvalue weighted by atomic mass is 19.4.